The Kier molecular flexibility index (Phi) is 5.31. The van der Waals surface area contributed by atoms with E-state index in [1.54, 1.807) is 0 Å². The van der Waals surface area contributed by atoms with E-state index in [-0.39, 0.29) is 0 Å². The Morgan fingerprint density at radius 2 is 1.90 bits per heavy atom. The first-order valence-electron chi connectivity index (χ1n) is 8.74. The Balaban J connectivity index is 1.40. The minimum absolute atomic E-state index is 0.654. The van der Waals surface area contributed by atoms with E-state index in [1.165, 1.54) is 63.7 Å². The van der Waals surface area contributed by atoms with Gasteiger partial charge in [-0.05, 0) is 64.3 Å². The van der Waals surface area contributed by atoms with Crippen molar-refractivity contribution >= 4 is 0 Å². The maximum atomic E-state index is 4.77. The number of likely N-dealkylation sites (tertiary alicyclic amines) is 1. The van der Waals surface area contributed by atoms with Crippen molar-refractivity contribution in [2.45, 2.75) is 57.5 Å². The van der Waals surface area contributed by atoms with Gasteiger partial charge in [-0.2, -0.15) is 5.10 Å². The number of piperidine rings is 1. The molecule has 2 aliphatic rings. The molecule has 1 saturated heterocycles. The predicted octanol–water partition coefficient (Wildman–Crippen LogP) is 2.82. The molecule has 21 heavy (non-hydrogen) atoms. The predicted molar refractivity (Wildman–Crippen MR) is 86.3 cm³/mol. The van der Waals surface area contributed by atoms with E-state index < -0.39 is 0 Å². The van der Waals surface area contributed by atoms with Crippen molar-refractivity contribution in [3.05, 3.63) is 18.0 Å². The zero-order chi connectivity index (χ0) is 14.5. The van der Waals surface area contributed by atoms with E-state index in [0.29, 0.717) is 6.04 Å². The lowest BCUT2D eigenvalue weighted by atomic mass is 9.96. The topological polar surface area (TPSA) is 33.1 Å². The van der Waals surface area contributed by atoms with Gasteiger partial charge in [0.05, 0.1) is 11.7 Å². The molecule has 2 heterocycles. The molecule has 1 saturated carbocycles. The summed E-state index contributed by atoms with van der Waals surface area (Å²) in [6.45, 7) is 4.57. The average Bonchev–Trinajstić information content (AvgIpc) is 2.99. The van der Waals surface area contributed by atoms with Crippen molar-refractivity contribution in [2.75, 3.05) is 26.7 Å². The molecule has 0 atom stereocenters. The maximum absolute atomic E-state index is 4.77. The Bertz CT molecular complexity index is 414. The monoisotopic (exact) mass is 290 g/mol. The van der Waals surface area contributed by atoms with Crippen molar-refractivity contribution in [3.63, 3.8) is 0 Å². The maximum Gasteiger partial charge on any atom is 0.0762 e. The van der Waals surface area contributed by atoms with Crippen LogP contribution >= 0.6 is 0 Å². The molecular weight excluding hydrogens is 260 g/mol. The van der Waals surface area contributed by atoms with E-state index in [1.807, 2.05) is 0 Å². The van der Waals surface area contributed by atoms with Gasteiger partial charge < -0.3 is 10.2 Å². The third-order valence-corrected chi connectivity index (χ3v) is 5.19. The second-order valence-electron chi connectivity index (χ2n) is 6.96. The van der Waals surface area contributed by atoms with Crippen molar-refractivity contribution in [2.24, 2.45) is 5.92 Å². The molecule has 118 valence electrons. The number of rotatable bonds is 5. The molecule has 2 fully saturated rings. The zero-order valence-electron chi connectivity index (χ0n) is 13.4. The highest BCUT2D eigenvalue weighted by atomic mass is 15.3. The Hall–Kier alpha value is -0.870. The van der Waals surface area contributed by atoms with Crippen LogP contribution < -0.4 is 5.32 Å². The van der Waals surface area contributed by atoms with Crippen LogP contribution in [0.15, 0.2) is 12.3 Å². The highest BCUT2D eigenvalue weighted by Crippen LogP contribution is 2.27. The van der Waals surface area contributed by atoms with Crippen LogP contribution in [0, 0.1) is 5.92 Å². The first-order chi connectivity index (χ1) is 10.3. The van der Waals surface area contributed by atoms with E-state index in [0.717, 1.165) is 19.0 Å². The summed E-state index contributed by atoms with van der Waals surface area (Å²) in [7, 11) is 2.22. The first kappa shape index (κ1) is 15.0. The summed E-state index contributed by atoms with van der Waals surface area (Å²) in [4.78, 5) is 2.43. The van der Waals surface area contributed by atoms with E-state index >= 15 is 0 Å². The molecule has 4 nitrogen and oxygen atoms in total. The largest absolute Gasteiger partial charge is 0.311 e. The van der Waals surface area contributed by atoms with Gasteiger partial charge in [0.2, 0.25) is 0 Å². The van der Waals surface area contributed by atoms with Crippen LogP contribution in [0.3, 0.4) is 0 Å². The van der Waals surface area contributed by atoms with E-state index in [2.05, 4.69) is 34.2 Å². The lowest BCUT2D eigenvalue weighted by Gasteiger charge is -2.28. The van der Waals surface area contributed by atoms with E-state index in [9.17, 15) is 0 Å². The minimum Gasteiger partial charge on any atom is -0.311 e. The van der Waals surface area contributed by atoms with Gasteiger partial charge in [0.15, 0.2) is 0 Å². The fourth-order valence-corrected chi connectivity index (χ4v) is 3.69. The van der Waals surface area contributed by atoms with Gasteiger partial charge in [0, 0.05) is 12.7 Å². The molecule has 0 spiro atoms. The van der Waals surface area contributed by atoms with Crippen LogP contribution in [-0.4, -0.2) is 41.4 Å². The molecule has 0 radical (unpaired) electrons. The van der Waals surface area contributed by atoms with Gasteiger partial charge in [0.25, 0.3) is 0 Å². The van der Waals surface area contributed by atoms with Gasteiger partial charge >= 0.3 is 0 Å². The molecule has 1 aromatic heterocycles. The molecule has 3 rings (SSSR count). The van der Waals surface area contributed by atoms with Gasteiger partial charge in [-0.15, -0.1) is 0 Å². The second-order valence-corrected chi connectivity index (χ2v) is 6.96. The van der Waals surface area contributed by atoms with Crippen LogP contribution in [0.4, 0.5) is 0 Å². The molecule has 1 aromatic rings. The lowest BCUT2D eigenvalue weighted by molar-refractivity contribution is 0.215. The molecular formula is C17H30N4. The summed E-state index contributed by atoms with van der Waals surface area (Å²) >= 11 is 0. The normalized spacial score (nSPS) is 22.7. The summed E-state index contributed by atoms with van der Waals surface area (Å²) < 4.78 is 2.21. The quantitative estimate of drug-likeness (QED) is 0.905. The van der Waals surface area contributed by atoms with Gasteiger partial charge in [-0.25, -0.2) is 0 Å². The number of hydrogen-bond acceptors (Lipinski definition) is 3. The van der Waals surface area contributed by atoms with Crippen LogP contribution in [-0.2, 0) is 6.54 Å². The van der Waals surface area contributed by atoms with E-state index in [4.69, 9.17) is 5.10 Å². The Labute approximate surface area is 128 Å². The first-order valence-corrected chi connectivity index (χ1v) is 8.74. The second kappa shape index (κ2) is 7.41. The average molecular weight is 290 g/mol. The summed E-state index contributed by atoms with van der Waals surface area (Å²) in [6.07, 6.45) is 11.6. The van der Waals surface area contributed by atoms with Crippen LogP contribution in [0.5, 0.6) is 0 Å². The van der Waals surface area contributed by atoms with Crippen LogP contribution in [0.2, 0.25) is 0 Å². The zero-order valence-corrected chi connectivity index (χ0v) is 13.4. The number of aromatic nitrogens is 2. The van der Waals surface area contributed by atoms with Crippen molar-refractivity contribution in [1.82, 2.24) is 20.0 Å². The smallest absolute Gasteiger partial charge is 0.0762 e. The van der Waals surface area contributed by atoms with Gasteiger partial charge in [-0.1, -0.05) is 19.3 Å². The standard InChI is InChI=1S/C17H30N4/c1-20-10-7-15(8-11-20)13-18-14-16-9-12-21(19-16)17-5-3-2-4-6-17/h9,12,15,17-18H,2-8,10-11,13-14H2,1H3. The molecule has 1 N–H and O–H groups in total. The third kappa shape index (κ3) is 4.30. The van der Waals surface area contributed by atoms with Gasteiger partial charge in [0.1, 0.15) is 0 Å². The fourth-order valence-electron chi connectivity index (χ4n) is 3.69. The van der Waals surface area contributed by atoms with Crippen molar-refractivity contribution < 1.29 is 0 Å². The lowest BCUT2D eigenvalue weighted by Crippen LogP contribution is -2.34. The SMILES string of the molecule is CN1CCC(CNCc2ccn(C3CCCCC3)n2)CC1. The molecule has 1 aliphatic heterocycles. The molecule has 0 aromatic carbocycles. The highest BCUT2D eigenvalue weighted by molar-refractivity contribution is 4.99. The fraction of sp³-hybridized carbons (Fsp3) is 0.824. The molecule has 0 amide bonds. The minimum atomic E-state index is 0.654. The number of hydrogen-bond donors (Lipinski definition) is 1. The summed E-state index contributed by atoms with van der Waals surface area (Å²) in [5, 5.41) is 8.38. The van der Waals surface area contributed by atoms with Gasteiger partial charge in [-0.3, -0.25) is 4.68 Å². The van der Waals surface area contributed by atoms with Crippen LogP contribution in [0.25, 0.3) is 0 Å². The molecule has 1 aliphatic carbocycles. The number of nitrogens with one attached hydrogen (secondary N) is 1. The van der Waals surface area contributed by atoms with Crippen molar-refractivity contribution in [1.29, 1.82) is 0 Å². The summed E-state index contributed by atoms with van der Waals surface area (Å²) in [6, 6.07) is 2.84. The molecule has 0 bridgehead atoms. The number of nitrogens with zero attached hydrogens (tertiary/aromatic N) is 3. The Morgan fingerprint density at radius 1 is 1.14 bits per heavy atom. The summed E-state index contributed by atoms with van der Waals surface area (Å²) in [5.41, 5.74) is 1.20. The Morgan fingerprint density at radius 3 is 2.67 bits per heavy atom. The summed E-state index contributed by atoms with van der Waals surface area (Å²) in [5.74, 6) is 0.849. The third-order valence-electron chi connectivity index (χ3n) is 5.19. The highest BCUT2D eigenvalue weighted by Gasteiger charge is 2.17. The van der Waals surface area contributed by atoms with Crippen LogP contribution in [0.1, 0.15) is 56.7 Å². The molecule has 4 heteroatoms. The van der Waals surface area contributed by atoms with Crippen molar-refractivity contribution in [3.8, 4) is 0 Å². The molecule has 0 unspecified atom stereocenters.